The second-order valence-electron chi connectivity index (χ2n) is 7.78. The van der Waals surface area contributed by atoms with E-state index >= 15 is 0 Å². The van der Waals surface area contributed by atoms with Crippen LogP contribution in [0.25, 0.3) is 0 Å². The van der Waals surface area contributed by atoms with Crippen molar-refractivity contribution in [2.75, 3.05) is 11.9 Å². The summed E-state index contributed by atoms with van der Waals surface area (Å²) in [6, 6.07) is 11.4. The van der Waals surface area contributed by atoms with Gasteiger partial charge in [-0.1, -0.05) is 19.9 Å². The molecule has 0 aliphatic heterocycles. The van der Waals surface area contributed by atoms with Crippen molar-refractivity contribution >= 4 is 17.5 Å². The number of hydrogen-bond acceptors (Lipinski definition) is 2. The maximum Gasteiger partial charge on any atom is 0.255 e. The van der Waals surface area contributed by atoms with Gasteiger partial charge in [0.05, 0.1) is 0 Å². The van der Waals surface area contributed by atoms with E-state index in [9.17, 15) is 9.59 Å². The lowest BCUT2D eigenvalue weighted by Crippen LogP contribution is -2.27. The first kappa shape index (κ1) is 19.2. The van der Waals surface area contributed by atoms with Crippen molar-refractivity contribution in [3.8, 4) is 0 Å². The highest BCUT2D eigenvalue weighted by Gasteiger charge is 2.14. The number of carbonyl (C=O) groups is 2. The first-order chi connectivity index (χ1) is 12.9. The van der Waals surface area contributed by atoms with E-state index < -0.39 is 0 Å². The van der Waals surface area contributed by atoms with E-state index in [0.717, 1.165) is 24.1 Å². The molecule has 0 saturated carbocycles. The number of benzene rings is 2. The summed E-state index contributed by atoms with van der Waals surface area (Å²) < 4.78 is 0. The van der Waals surface area contributed by atoms with Crippen LogP contribution < -0.4 is 10.6 Å². The van der Waals surface area contributed by atoms with Gasteiger partial charge < -0.3 is 10.6 Å². The summed E-state index contributed by atoms with van der Waals surface area (Å²) in [5.41, 5.74) is 5.57. The Morgan fingerprint density at radius 1 is 0.926 bits per heavy atom. The Morgan fingerprint density at radius 2 is 1.59 bits per heavy atom. The summed E-state index contributed by atoms with van der Waals surface area (Å²) in [6.07, 6.45) is 4.58. The lowest BCUT2D eigenvalue weighted by atomic mass is 9.90. The first-order valence-electron chi connectivity index (χ1n) is 9.76. The van der Waals surface area contributed by atoms with Crippen LogP contribution in [0.3, 0.4) is 0 Å². The standard InChI is InChI=1S/C23H28N2O2/c1-15(2)14-24-22(26)19-10-11-21(16(3)12-19)25-23(27)20-9-8-17-6-4-5-7-18(17)13-20/h8-13,15H,4-7,14H2,1-3H3,(H,24,26)(H,25,27). The van der Waals surface area contributed by atoms with Gasteiger partial charge in [-0.2, -0.15) is 0 Å². The quantitative estimate of drug-likeness (QED) is 0.820. The molecule has 0 unspecified atom stereocenters. The minimum absolute atomic E-state index is 0.0839. The molecule has 4 heteroatoms. The normalized spacial score (nSPS) is 13.2. The molecule has 2 aromatic carbocycles. The summed E-state index contributed by atoms with van der Waals surface area (Å²) in [7, 11) is 0. The van der Waals surface area contributed by atoms with Crippen LogP contribution in [0.15, 0.2) is 36.4 Å². The van der Waals surface area contributed by atoms with E-state index in [1.165, 1.54) is 24.0 Å². The van der Waals surface area contributed by atoms with Gasteiger partial charge in [0, 0.05) is 23.4 Å². The molecule has 0 fully saturated rings. The van der Waals surface area contributed by atoms with Crippen LogP contribution in [0.2, 0.25) is 0 Å². The lowest BCUT2D eigenvalue weighted by Gasteiger charge is -2.17. The highest BCUT2D eigenvalue weighted by atomic mass is 16.2. The SMILES string of the molecule is Cc1cc(C(=O)NCC(C)C)ccc1NC(=O)c1ccc2c(c1)CCCC2. The van der Waals surface area contributed by atoms with Gasteiger partial charge in [-0.15, -0.1) is 0 Å². The number of fused-ring (bicyclic) bond motifs is 1. The highest BCUT2D eigenvalue weighted by molar-refractivity contribution is 6.05. The maximum absolute atomic E-state index is 12.7. The third-order valence-corrected chi connectivity index (χ3v) is 5.02. The van der Waals surface area contributed by atoms with Crippen LogP contribution in [0.1, 0.15) is 64.1 Å². The molecule has 2 amide bonds. The first-order valence-corrected chi connectivity index (χ1v) is 9.76. The molecule has 0 radical (unpaired) electrons. The Hall–Kier alpha value is -2.62. The molecule has 0 saturated heterocycles. The Bertz CT molecular complexity index is 855. The Labute approximate surface area is 161 Å². The van der Waals surface area contributed by atoms with Gasteiger partial charge in [-0.25, -0.2) is 0 Å². The molecule has 0 spiro atoms. The van der Waals surface area contributed by atoms with E-state index in [2.05, 4.69) is 30.5 Å². The van der Waals surface area contributed by atoms with E-state index in [0.29, 0.717) is 23.6 Å². The van der Waals surface area contributed by atoms with Crippen molar-refractivity contribution in [3.05, 3.63) is 64.2 Å². The van der Waals surface area contributed by atoms with Gasteiger partial charge in [0.1, 0.15) is 0 Å². The number of carbonyl (C=O) groups excluding carboxylic acids is 2. The Morgan fingerprint density at radius 3 is 2.30 bits per heavy atom. The van der Waals surface area contributed by atoms with Gasteiger partial charge in [0.2, 0.25) is 0 Å². The fourth-order valence-electron chi connectivity index (χ4n) is 3.41. The zero-order valence-corrected chi connectivity index (χ0v) is 16.4. The van der Waals surface area contributed by atoms with E-state index in [4.69, 9.17) is 0 Å². The Kier molecular flexibility index (Phi) is 5.94. The predicted molar refractivity (Wildman–Crippen MR) is 109 cm³/mol. The van der Waals surface area contributed by atoms with Crippen molar-refractivity contribution in [2.45, 2.75) is 46.5 Å². The predicted octanol–water partition coefficient (Wildman–Crippen LogP) is 4.51. The van der Waals surface area contributed by atoms with Crippen molar-refractivity contribution in [1.82, 2.24) is 5.32 Å². The molecule has 142 valence electrons. The van der Waals surface area contributed by atoms with Crippen LogP contribution in [0.5, 0.6) is 0 Å². The average molecular weight is 364 g/mol. The molecule has 1 aliphatic rings. The fourth-order valence-corrected chi connectivity index (χ4v) is 3.41. The van der Waals surface area contributed by atoms with E-state index in [-0.39, 0.29) is 11.8 Å². The topological polar surface area (TPSA) is 58.2 Å². The summed E-state index contributed by atoms with van der Waals surface area (Å²) in [5.74, 6) is 0.216. The van der Waals surface area contributed by atoms with Gasteiger partial charge in [0.15, 0.2) is 0 Å². The second kappa shape index (κ2) is 8.38. The molecule has 4 nitrogen and oxygen atoms in total. The molecule has 2 aromatic rings. The number of nitrogens with one attached hydrogen (secondary N) is 2. The number of aryl methyl sites for hydroxylation is 3. The summed E-state index contributed by atoms with van der Waals surface area (Å²) in [4.78, 5) is 24.9. The van der Waals surface area contributed by atoms with Crippen molar-refractivity contribution in [1.29, 1.82) is 0 Å². The zero-order chi connectivity index (χ0) is 19.4. The van der Waals surface area contributed by atoms with Crippen molar-refractivity contribution in [3.63, 3.8) is 0 Å². The minimum atomic E-state index is -0.108. The van der Waals surface area contributed by atoms with Crippen LogP contribution in [-0.4, -0.2) is 18.4 Å². The fraction of sp³-hybridized carbons (Fsp3) is 0.391. The van der Waals surface area contributed by atoms with Crippen molar-refractivity contribution < 1.29 is 9.59 Å². The smallest absolute Gasteiger partial charge is 0.255 e. The van der Waals surface area contributed by atoms with Crippen LogP contribution in [0.4, 0.5) is 5.69 Å². The van der Waals surface area contributed by atoms with E-state index in [1.54, 1.807) is 12.1 Å². The lowest BCUT2D eigenvalue weighted by molar-refractivity contribution is 0.0948. The minimum Gasteiger partial charge on any atom is -0.352 e. The van der Waals surface area contributed by atoms with Gasteiger partial charge in [0.25, 0.3) is 11.8 Å². The highest BCUT2D eigenvalue weighted by Crippen LogP contribution is 2.23. The molecule has 0 atom stereocenters. The van der Waals surface area contributed by atoms with Crippen molar-refractivity contribution in [2.24, 2.45) is 5.92 Å². The number of hydrogen-bond donors (Lipinski definition) is 2. The second-order valence-corrected chi connectivity index (χ2v) is 7.78. The summed E-state index contributed by atoms with van der Waals surface area (Å²) in [6.45, 7) is 6.67. The van der Waals surface area contributed by atoms with Gasteiger partial charge in [-0.3, -0.25) is 9.59 Å². The molecule has 2 N–H and O–H groups in total. The maximum atomic E-state index is 12.7. The van der Waals surface area contributed by atoms with Crippen LogP contribution in [0, 0.1) is 12.8 Å². The molecule has 0 bridgehead atoms. The van der Waals surface area contributed by atoms with Crippen LogP contribution in [-0.2, 0) is 12.8 Å². The Balaban J connectivity index is 1.70. The average Bonchev–Trinajstić information content (AvgIpc) is 2.67. The number of anilines is 1. The molecule has 1 aliphatic carbocycles. The number of rotatable bonds is 5. The molecular weight excluding hydrogens is 336 g/mol. The molecule has 27 heavy (non-hydrogen) atoms. The van der Waals surface area contributed by atoms with E-state index in [1.807, 2.05) is 25.1 Å². The zero-order valence-electron chi connectivity index (χ0n) is 16.4. The van der Waals surface area contributed by atoms with Gasteiger partial charge >= 0.3 is 0 Å². The molecular formula is C23H28N2O2. The summed E-state index contributed by atoms with van der Waals surface area (Å²) in [5, 5.41) is 5.89. The molecule has 3 rings (SSSR count). The molecule has 0 aromatic heterocycles. The third-order valence-electron chi connectivity index (χ3n) is 5.02. The van der Waals surface area contributed by atoms with Gasteiger partial charge in [-0.05, 0) is 85.5 Å². The van der Waals surface area contributed by atoms with Crippen LogP contribution >= 0.6 is 0 Å². The summed E-state index contributed by atoms with van der Waals surface area (Å²) >= 11 is 0. The third kappa shape index (κ3) is 4.76. The molecule has 0 heterocycles. The largest absolute Gasteiger partial charge is 0.352 e. The number of amides is 2. The monoisotopic (exact) mass is 364 g/mol.